The lowest BCUT2D eigenvalue weighted by molar-refractivity contribution is 0.607. The molecule has 0 amide bonds. The van der Waals surface area contributed by atoms with Gasteiger partial charge in [0.2, 0.25) is 0 Å². The summed E-state index contributed by atoms with van der Waals surface area (Å²) in [6, 6.07) is 6.92. The van der Waals surface area contributed by atoms with Crippen LogP contribution in [0.25, 0.3) is 4.96 Å². The van der Waals surface area contributed by atoms with Crippen LogP contribution in [0.3, 0.4) is 0 Å². The fourth-order valence-electron chi connectivity index (χ4n) is 3.05. The summed E-state index contributed by atoms with van der Waals surface area (Å²) in [5, 5.41) is 8.68. The number of fused-ring (bicyclic) bond motifs is 1. The highest BCUT2D eigenvalue weighted by atomic mass is 127. The Balaban J connectivity index is 0.00000196. The number of halogens is 2. The van der Waals surface area contributed by atoms with Crippen molar-refractivity contribution in [3.63, 3.8) is 0 Å². The van der Waals surface area contributed by atoms with Crippen LogP contribution in [0, 0.1) is 5.82 Å². The predicted octanol–water partition coefficient (Wildman–Crippen LogP) is 3.55. The van der Waals surface area contributed by atoms with Crippen LogP contribution < -0.4 is 10.6 Å². The summed E-state index contributed by atoms with van der Waals surface area (Å²) >= 11 is 1.62. The first-order valence-electron chi connectivity index (χ1n) is 8.30. The number of nitrogens with one attached hydrogen (secondary N) is 2. The number of nitrogens with zero attached hydrogens (tertiary/aromatic N) is 3. The number of aliphatic imine (C=N–C) groups is 1. The average Bonchev–Trinajstić information content (AvgIpc) is 3.11. The first-order valence-corrected chi connectivity index (χ1v) is 9.18. The van der Waals surface area contributed by atoms with Crippen molar-refractivity contribution in [2.45, 2.75) is 24.8 Å². The fourth-order valence-corrected chi connectivity index (χ4v) is 3.76. The summed E-state index contributed by atoms with van der Waals surface area (Å²) in [6.07, 6.45) is 6.15. The van der Waals surface area contributed by atoms with Gasteiger partial charge in [0, 0.05) is 36.8 Å². The Kier molecular flexibility index (Phi) is 5.81. The van der Waals surface area contributed by atoms with Gasteiger partial charge in [-0.15, -0.1) is 35.3 Å². The maximum absolute atomic E-state index is 13.5. The van der Waals surface area contributed by atoms with E-state index in [1.54, 1.807) is 30.5 Å². The van der Waals surface area contributed by atoms with Crippen LogP contribution in [-0.2, 0) is 12.0 Å². The zero-order chi connectivity index (χ0) is 17.3. The van der Waals surface area contributed by atoms with Gasteiger partial charge in [0.05, 0.1) is 12.2 Å². The van der Waals surface area contributed by atoms with Crippen molar-refractivity contribution >= 4 is 46.2 Å². The molecule has 0 atom stereocenters. The van der Waals surface area contributed by atoms with E-state index in [-0.39, 0.29) is 35.2 Å². The van der Waals surface area contributed by atoms with Crippen molar-refractivity contribution in [3.8, 4) is 0 Å². The van der Waals surface area contributed by atoms with Gasteiger partial charge >= 0.3 is 0 Å². The predicted molar refractivity (Wildman–Crippen MR) is 114 cm³/mol. The lowest BCUT2D eigenvalue weighted by Gasteiger charge is -2.19. The van der Waals surface area contributed by atoms with Crippen LogP contribution in [0.15, 0.2) is 47.0 Å². The summed E-state index contributed by atoms with van der Waals surface area (Å²) in [7, 11) is 1.75. The van der Waals surface area contributed by atoms with Gasteiger partial charge in [0.25, 0.3) is 0 Å². The highest BCUT2D eigenvalue weighted by molar-refractivity contribution is 14.0. The zero-order valence-electron chi connectivity index (χ0n) is 14.4. The van der Waals surface area contributed by atoms with Crippen molar-refractivity contribution < 1.29 is 4.39 Å². The molecule has 5 nitrogen and oxygen atoms in total. The standard InChI is InChI=1S/C18H20FN5S.HI/c1-20-16(21-10-15-11-24-7-8-25-17(24)23-15)22-12-18(5-6-18)13-3-2-4-14(19)9-13;/h2-4,7-9,11H,5-6,10,12H2,1H3,(H2,20,21,22);1H. The Hall–Kier alpha value is -1.68. The number of benzene rings is 1. The Morgan fingerprint density at radius 3 is 2.92 bits per heavy atom. The molecule has 26 heavy (non-hydrogen) atoms. The number of guanidine groups is 1. The minimum atomic E-state index is -0.175. The maximum Gasteiger partial charge on any atom is 0.193 e. The first kappa shape index (κ1) is 19.1. The van der Waals surface area contributed by atoms with E-state index in [1.165, 1.54) is 6.07 Å². The van der Waals surface area contributed by atoms with E-state index >= 15 is 0 Å². The molecular formula is C18H21FIN5S. The number of aromatic nitrogens is 2. The summed E-state index contributed by atoms with van der Waals surface area (Å²) in [6.45, 7) is 1.36. The van der Waals surface area contributed by atoms with Crippen LogP contribution in [0.5, 0.6) is 0 Å². The molecule has 1 aromatic carbocycles. The third-order valence-electron chi connectivity index (χ3n) is 4.69. The summed E-state index contributed by atoms with van der Waals surface area (Å²) in [4.78, 5) is 9.82. The second-order valence-electron chi connectivity index (χ2n) is 6.40. The van der Waals surface area contributed by atoms with E-state index in [0.29, 0.717) is 6.54 Å². The highest BCUT2D eigenvalue weighted by Crippen LogP contribution is 2.47. The molecule has 138 valence electrons. The van der Waals surface area contributed by atoms with Crippen molar-refractivity contribution in [3.05, 3.63) is 59.1 Å². The largest absolute Gasteiger partial charge is 0.356 e. The van der Waals surface area contributed by atoms with Gasteiger partial charge in [-0.3, -0.25) is 9.39 Å². The topological polar surface area (TPSA) is 53.7 Å². The normalized spacial score (nSPS) is 15.5. The van der Waals surface area contributed by atoms with Gasteiger partial charge in [-0.1, -0.05) is 12.1 Å². The van der Waals surface area contributed by atoms with Gasteiger partial charge < -0.3 is 10.6 Å². The molecular weight excluding hydrogens is 464 g/mol. The number of rotatable bonds is 5. The molecule has 2 aromatic heterocycles. The van der Waals surface area contributed by atoms with Crippen molar-refractivity contribution in [1.29, 1.82) is 0 Å². The third-order valence-corrected chi connectivity index (χ3v) is 5.46. The molecule has 0 bridgehead atoms. The Bertz CT molecular complexity index is 887. The Morgan fingerprint density at radius 2 is 2.23 bits per heavy atom. The van der Waals surface area contributed by atoms with Crippen LogP contribution >= 0.6 is 35.3 Å². The minimum Gasteiger partial charge on any atom is -0.356 e. The minimum absolute atomic E-state index is 0. The summed E-state index contributed by atoms with van der Waals surface area (Å²) in [5.41, 5.74) is 2.06. The van der Waals surface area contributed by atoms with Crippen molar-refractivity contribution in [1.82, 2.24) is 20.0 Å². The van der Waals surface area contributed by atoms with Gasteiger partial charge in [-0.05, 0) is 30.5 Å². The van der Waals surface area contributed by atoms with E-state index in [4.69, 9.17) is 0 Å². The van der Waals surface area contributed by atoms with E-state index in [9.17, 15) is 4.39 Å². The monoisotopic (exact) mass is 485 g/mol. The molecule has 2 N–H and O–H groups in total. The fraction of sp³-hybridized carbons (Fsp3) is 0.333. The molecule has 1 aliphatic carbocycles. The average molecular weight is 485 g/mol. The number of thiazole rings is 1. The molecule has 0 unspecified atom stereocenters. The van der Waals surface area contributed by atoms with Crippen molar-refractivity contribution in [2.75, 3.05) is 13.6 Å². The number of hydrogen-bond acceptors (Lipinski definition) is 3. The van der Waals surface area contributed by atoms with E-state index in [2.05, 4.69) is 20.6 Å². The smallest absolute Gasteiger partial charge is 0.193 e. The van der Waals surface area contributed by atoms with Gasteiger partial charge in [0.15, 0.2) is 10.9 Å². The van der Waals surface area contributed by atoms with Gasteiger partial charge in [-0.2, -0.15) is 0 Å². The quantitative estimate of drug-likeness (QED) is 0.330. The molecule has 0 radical (unpaired) electrons. The molecule has 1 saturated carbocycles. The molecule has 1 fully saturated rings. The summed E-state index contributed by atoms with van der Waals surface area (Å²) in [5.74, 6) is 0.560. The van der Waals surface area contributed by atoms with Gasteiger partial charge in [0.1, 0.15) is 5.82 Å². The van der Waals surface area contributed by atoms with Crippen LogP contribution in [0.4, 0.5) is 4.39 Å². The molecule has 0 spiro atoms. The van der Waals surface area contributed by atoms with E-state index in [0.717, 1.165) is 41.6 Å². The van der Waals surface area contributed by atoms with Crippen LogP contribution in [0.2, 0.25) is 0 Å². The van der Waals surface area contributed by atoms with E-state index < -0.39 is 0 Å². The lowest BCUT2D eigenvalue weighted by Crippen LogP contribution is -2.41. The molecule has 0 saturated heterocycles. The molecule has 4 rings (SSSR count). The molecule has 1 aliphatic rings. The number of hydrogen-bond donors (Lipinski definition) is 2. The molecule has 0 aliphatic heterocycles. The van der Waals surface area contributed by atoms with Crippen LogP contribution in [-0.4, -0.2) is 28.9 Å². The van der Waals surface area contributed by atoms with Crippen LogP contribution in [0.1, 0.15) is 24.1 Å². The Morgan fingerprint density at radius 1 is 1.38 bits per heavy atom. The van der Waals surface area contributed by atoms with E-state index in [1.807, 2.05) is 28.2 Å². The second-order valence-corrected chi connectivity index (χ2v) is 7.27. The molecule has 2 heterocycles. The molecule has 3 aromatic rings. The first-order chi connectivity index (χ1) is 12.2. The zero-order valence-corrected chi connectivity index (χ0v) is 17.6. The number of imidazole rings is 1. The van der Waals surface area contributed by atoms with Crippen molar-refractivity contribution in [2.24, 2.45) is 4.99 Å². The summed E-state index contributed by atoms with van der Waals surface area (Å²) < 4.78 is 15.5. The van der Waals surface area contributed by atoms with Gasteiger partial charge in [-0.25, -0.2) is 9.37 Å². The maximum atomic E-state index is 13.5. The molecule has 8 heteroatoms. The highest BCUT2D eigenvalue weighted by Gasteiger charge is 2.44. The Labute approximate surface area is 172 Å². The lowest BCUT2D eigenvalue weighted by atomic mass is 9.96. The SMILES string of the molecule is CN=C(NCc1cn2ccsc2n1)NCC1(c2cccc(F)c2)CC1.I. The second kappa shape index (κ2) is 7.91. The third kappa shape index (κ3) is 4.01.